The molecule has 11 nitrogen and oxygen atoms in total. The molecule has 230 valence electrons. The molecule has 0 N–H and O–H groups in total. The molecule has 2 atom stereocenters. The molecule has 2 aliphatic heterocycles. The van der Waals surface area contributed by atoms with Gasteiger partial charge in [0.2, 0.25) is 0 Å². The van der Waals surface area contributed by atoms with Crippen molar-refractivity contribution in [2.24, 2.45) is 0 Å². The highest BCUT2D eigenvalue weighted by Crippen LogP contribution is 2.24. The molecule has 0 radical (unpaired) electrons. The number of piperidine rings is 2. The monoisotopic (exact) mass is 586 g/mol. The molecular formula is C28H50N4O7S. The number of hydrogen-bond acceptors (Lipinski definition) is 8. The first kappa shape index (κ1) is 33.9. The molecule has 1 aromatic rings. The summed E-state index contributed by atoms with van der Waals surface area (Å²) in [6.45, 7) is 13.7. The highest BCUT2D eigenvalue weighted by atomic mass is 32.2. The zero-order valence-corrected chi connectivity index (χ0v) is 26.2. The average molecular weight is 587 g/mol. The summed E-state index contributed by atoms with van der Waals surface area (Å²) in [5, 5.41) is 0. The minimum absolute atomic E-state index is 0.0136. The lowest BCUT2D eigenvalue weighted by atomic mass is 10.00. The lowest BCUT2D eigenvalue weighted by molar-refractivity contribution is 0.00683. The molecule has 1 aromatic heterocycles. The summed E-state index contributed by atoms with van der Waals surface area (Å²) in [6.07, 6.45) is 13.7. The second kappa shape index (κ2) is 15.0. The van der Waals surface area contributed by atoms with Crippen molar-refractivity contribution in [1.29, 1.82) is 0 Å². The van der Waals surface area contributed by atoms with Crippen LogP contribution in [0.3, 0.4) is 0 Å². The molecule has 3 rings (SSSR count). The number of amides is 2. The Morgan fingerprint density at radius 1 is 0.850 bits per heavy atom. The Bertz CT molecular complexity index is 1020. The molecule has 12 heteroatoms. The van der Waals surface area contributed by atoms with Gasteiger partial charge in [0.25, 0.3) is 10.1 Å². The number of aryl methyl sites for hydroxylation is 1. The van der Waals surface area contributed by atoms with E-state index in [-0.39, 0.29) is 30.9 Å². The van der Waals surface area contributed by atoms with E-state index < -0.39 is 21.3 Å². The second-order valence-electron chi connectivity index (χ2n) is 12.6. The number of rotatable bonds is 7. The maximum Gasteiger partial charge on any atom is 0.410 e. The van der Waals surface area contributed by atoms with E-state index in [9.17, 15) is 18.0 Å². The number of nitrogens with zero attached hydrogens (tertiary/aromatic N) is 4. The summed E-state index contributed by atoms with van der Waals surface area (Å²) in [5.41, 5.74) is -0.953. The van der Waals surface area contributed by atoms with E-state index in [2.05, 4.69) is 9.55 Å². The molecule has 2 fully saturated rings. The molecule has 2 aliphatic rings. The summed E-state index contributed by atoms with van der Waals surface area (Å²) >= 11 is 0. The Hall–Kier alpha value is -2.34. The van der Waals surface area contributed by atoms with Crippen molar-refractivity contribution in [2.45, 2.75) is 123 Å². The summed E-state index contributed by atoms with van der Waals surface area (Å²) < 4.78 is 39.6. The van der Waals surface area contributed by atoms with Crippen molar-refractivity contribution in [1.82, 2.24) is 19.4 Å². The van der Waals surface area contributed by atoms with E-state index in [0.29, 0.717) is 13.0 Å². The van der Waals surface area contributed by atoms with Gasteiger partial charge in [-0.05, 0) is 92.9 Å². The van der Waals surface area contributed by atoms with Gasteiger partial charge in [-0.3, -0.25) is 4.18 Å². The topological polar surface area (TPSA) is 120 Å². The van der Waals surface area contributed by atoms with Crippen LogP contribution in [-0.4, -0.2) is 89.2 Å². The van der Waals surface area contributed by atoms with Gasteiger partial charge in [-0.25, -0.2) is 14.6 Å². The first-order chi connectivity index (χ1) is 18.5. The zero-order chi connectivity index (χ0) is 30.0. The number of carbonyl (C=O) groups is 2. The van der Waals surface area contributed by atoms with E-state index in [0.717, 1.165) is 57.9 Å². The minimum Gasteiger partial charge on any atom is -0.444 e. The molecule has 0 bridgehead atoms. The lowest BCUT2D eigenvalue weighted by Crippen LogP contribution is -2.46. The van der Waals surface area contributed by atoms with E-state index in [1.54, 1.807) is 11.1 Å². The molecule has 0 spiro atoms. The molecule has 0 aliphatic carbocycles. The van der Waals surface area contributed by atoms with Crippen molar-refractivity contribution in [3.05, 3.63) is 18.7 Å². The molecule has 0 saturated carbocycles. The molecule has 2 amide bonds. The van der Waals surface area contributed by atoms with Crippen molar-refractivity contribution in [3.63, 3.8) is 0 Å². The first-order valence-electron chi connectivity index (χ1n) is 14.3. The van der Waals surface area contributed by atoms with Crippen LogP contribution in [0.1, 0.15) is 92.9 Å². The highest BCUT2D eigenvalue weighted by molar-refractivity contribution is 7.85. The molecule has 3 heterocycles. The van der Waals surface area contributed by atoms with Crippen molar-refractivity contribution in [2.75, 3.05) is 26.0 Å². The quantitative estimate of drug-likeness (QED) is 0.400. The fourth-order valence-corrected chi connectivity index (χ4v) is 5.17. The summed E-state index contributed by atoms with van der Waals surface area (Å²) in [6, 6.07) is 0.265. The van der Waals surface area contributed by atoms with Crippen molar-refractivity contribution in [3.8, 4) is 0 Å². The van der Waals surface area contributed by atoms with Gasteiger partial charge < -0.3 is 23.8 Å². The van der Waals surface area contributed by atoms with Gasteiger partial charge in [-0.15, -0.1) is 0 Å². The average Bonchev–Trinajstić information content (AvgIpc) is 3.34. The number of hydrogen-bond donors (Lipinski definition) is 0. The van der Waals surface area contributed by atoms with Gasteiger partial charge >= 0.3 is 12.2 Å². The van der Waals surface area contributed by atoms with Crippen molar-refractivity contribution >= 4 is 22.3 Å². The number of carbonyl (C=O) groups excluding carboxylic acids is 2. The van der Waals surface area contributed by atoms with Crippen LogP contribution in [0.4, 0.5) is 9.59 Å². The largest absolute Gasteiger partial charge is 0.444 e. The van der Waals surface area contributed by atoms with Crippen LogP contribution in [0, 0.1) is 0 Å². The van der Waals surface area contributed by atoms with E-state index in [4.69, 9.17) is 13.7 Å². The third-order valence-corrected chi connectivity index (χ3v) is 7.13. The Labute approximate surface area is 240 Å². The van der Waals surface area contributed by atoms with E-state index in [1.165, 1.54) is 6.42 Å². The second-order valence-corrected chi connectivity index (χ2v) is 14.2. The van der Waals surface area contributed by atoms with Crippen LogP contribution in [0.15, 0.2) is 18.7 Å². The predicted molar refractivity (Wildman–Crippen MR) is 153 cm³/mol. The van der Waals surface area contributed by atoms with Gasteiger partial charge in [0, 0.05) is 44.1 Å². The molecule has 0 aromatic carbocycles. The summed E-state index contributed by atoms with van der Waals surface area (Å²) in [7, 11) is -3.43. The number of likely N-dealkylation sites (tertiary alicyclic amines) is 2. The number of aromatic nitrogens is 2. The zero-order valence-electron chi connectivity index (χ0n) is 25.4. The van der Waals surface area contributed by atoms with Gasteiger partial charge in [-0.2, -0.15) is 8.42 Å². The number of ether oxygens (including phenoxy) is 2. The fraction of sp³-hybridized carbons (Fsp3) is 0.821. The van der Waals surface area contributed by atoms with E-state index >= 15 is 0 Å². The number of imidazole rings is 1. The highest BCUT2D eigenvalue weighted by Gasteiger charge is 2.31. The fourth-order valence-electron chi connectivity index (χ4n) is 4.78. The smallest absolute Gasteiger partial charge is 0.410 e. The van der Waals surface area contributed by atoms with Crippen LogP contribution in [0.2, 0.25) is 0 Å². The maximum absolute atomic E-state index is 12.3. The summed E-state index contributed by atoms with van der Waals surface area (Å²) in [5.74, 6) is 0. The van der Waals surface area contributed by atoms with Crippen LogP contribution in [0.5, 0.6) is 0 Å². The maximum atomic E-state index is 12.3. The van der Waals surface area contributed by atoms with Gasteiger partial charge in [0.15, 0.2) is 0 Å². The molecule has 2 saturated heterocycles. The lowest BCUT2D eigenvalue weighted by Gasteiger charge is -2.36. The van der Waals surface area contributed by atoms with E-state index in [1.807, 2.05) is 59.0 Å². The third kappa shape index (κ3) is 13.3. The van der Waals surface area contributed by atoms with Crippen LogP contribution < -0.4 is 0 Å². The molecule has 2 unspecified atom stereocenters. The Morgan fingerprint density at radius 2 is 1.35 bits per heavy atom. The Balaban J connectivity index is 0.000000280. The predicted octanol–water partition coefficient (Wildman–Crippen LogP) is 5.21. The Morgan fingerprint density at radius 3 is 1.77 bits per heavy atom. The molecule has 40 heavy (non-hydrogen) atoms. The van der Waals surface area contributed by atoms with Gasteiger partial charge in [-0.1, -0.05) is 0 Å². The summed E-state index contributed by atoms with van der Waals surface area (Å²) in [4.78, 5) is 32.0. The van der Waals surface area contributed by atoms with Crippen LogP contribution in [-0.2, 0) is 30.3 Å². The van der Waals surface area contributed by atoms with Gasteiger partial charge in [0.1, 0.15) is 11.2 Å². The third-order valence-electron chi connectivity index (χ3n) is 6.54. The standard InChI is InChI=1S/C15H25N3O2.C13H25NO5S/c1-15(2,3)20-14(19)18-9-5-4-6-13(18)7-10-17-11-8-16-12-17;1-13(2,3)19-12(15)14-9-6-5-7-11(14)8-10-18-20(4,16)17/h8,11-13H,4-7,9-10H2,1-3H3;11H,5-10H2,1-4H3. The van der Waals surface area contributed by atoms with Crippen LogP contribution in [0.25, 0.3) is 0 Å². The first-order valence-corrected chi connectivity index (χ1v) is 16.1. The van der Waals surface area contributed by atoms with Gasteiger partial charge in [0.05, 0.1) is 19.2 Å². The normalized spacial score (nSPS) is 20.4. The molecular weight excluding hydrogens is 536 g/mol. The van der Waals surface area contributed by atoms with Crippen molar-refractivity contribution < 1.29 is 31.7 Å². The minimum atomic E-state index is -3.43. The Kier molecular flexibility index (Phi) is 12.7. The van der Waals surface area contributed by atoms with Crippen LogP contribution >= 0.6 is 0 Å². The SMILES string of the molecule is CC(C)(C)OC(=O)N1CCCCC1CCOS(C)(=O)=O.CC(C)(C)OC(=O)N1CCCCC1CCn1ccnc1.